The summed E-state index contributed by atoms with van der Waals surface area (Å²) in [6.45, 7) is 7.12. The summed E-state index contributed by atoms with van der Waals surface area (Å²) in [4.78, 5) is 26.3. The van der Waals surface area contributed by atoms with Crippen molar-refractivity contribution < 1.29 is 14.1 Å². The molecule has 1 aliphatic rings. The first-order valence-corrected chi connectivity index (χ1v) is 11.5. The largest absolute Gasteiger partial charge is 0.593 e. The van der Waals surface area contributed by atoms with Gasteiger partial charge in [-0.1, -0.05) is 23.8 Å². The molecule has 0 saturated carbocycles. The van der Waals surface area contributed by atoms with Crippen LogP contribution in [0.5, 0.6) is 0 Å². The number of aryl methyl sites for hydroxylation is 3. The summed E-state index contributed by atoms with van der Waals surface area (Å²) in [7, 11) is 0. The first kappa shape index (κ1) is 21.6. The Balaban J connectivity index is 1.63. The number of esters is 1. The van der Waals surface area contributed by atoms with E-state index in [1.54, 1.807) is 24.4 Å². The highest BCUT2D eigenvalue weighted by molar-refractivity contribution is 7.89. The zero-order chi connectivity index (χ0) is 22.1. The fourth-order valence-electron chi connectivity index (χ4n) is 4.11. The summed E-state index contributed by atoms with van der Waals surface area (Å²) < 4.78 is 21.9. The summed E-state index contributed by atoms with van der Waals surface area (Å²) in [6.07, 6.45) is 3.74. The number of aromatic nitrogens is 1. The minimum atomic E-state index is -1.30. The summed E-state index contributed by atoms with van der Waals surface area (Å²) in [5.41, 5.74) is 2.94. The lowest BCUT2D eigenvalue weighted by atomic mass is 10.1. The number of nitrogens with zero attached hydrogens (tertiary/aromatic N) is 2. The number of carbonyl (C=O) groups excluding carboxylic acids is 1. The normalized spacial score (nSPS) is 15.4. The average Bonchev–Trinajstić information content (AvgIpc) is 3.29. The number of ether oxygens (including phenoxy) is 1. The van der Waals surface area contributed by atoms with Crippen molar-refractivity contribution in [3.05, 3.63) is 75.2 Å². The number of pyridine rings is 1. The van der Waals surface area contributed by atoms with Crippen LogP contribution in [0.4, 0.5) is 0 Å². The van der Waals surface area contributed by atoms with Crippen molar-refractivity contribution in [1.82, 2.24) is 8.87 Å². The highest BCUT2D eigenvalue weighted by atomic mass is 32.2. The van der Waals surface area contributed by atoms with E-state index in [1.807, 2.05) is 43.3 Å². The zero-order valence-electron chi connectivity index (χ0n) is 18.0. The second-order valence-electron chi connectivity index (χ2n) is 8.03. The van der Waals surface area contributed by atoms with Crippen LogP contribution >= 0.6 is 0 Å². The van der Waals surface area contributed by atoms with E-state index < -0.39 is 17.3 Å². The minimum Gasteiger partial charge on any atom is -0.593 e. The lowest BCUT2D eigenvalue weighted by Crippen LogP contribution is -2.29. The molecule has 4 rings (SSSR count). The van der Waals surface area contributed by atoms with Crippen molar-refractivity contribution in [1.29, 1.82) is 0 Å². The molecule has 1 saturated heterocycles. The monoisotopic (exact) mass is 438 g/mol. The van der Waals surface area contributed by atoms with Gasteiger partial charge in [0.1, 0.15) is 0 Å². The zero-order valence-corrected chi connectivity index (χ0v) is 18.8. The lowest BCUT2D eigenvalue weighted by molar-refractivity contribution is 0.0365. The van der Waals surface area contributed by atoms with Crippen molar-refractivity contribution in [2.24, 2.45) is 0 Å². The molecule has 31 heavy (non-hydrogen) atoms. The fourth-order valence-corrected chi connectivity index (χ4v) is 5.62. The Labute approximate surface area is 184 Å². The minimum absolute atomic E-state index is 0.179. The van der Waals surface area contributed by atoms with Gasteiger partial charge in [0.15, 0.2) is 11.6 Å². The van der Waals surface area contributed by atoms with E-state index in [0.717, 1.165) is 48.0 Å². The van der Waals surface area contributed by atoms with E-state index in [0.29, 0.717) is 15.8 Å². The Kier molecular flexibility index (Phi) is 6.18. The van der Waals surface area contributed by atoms with Crippen LogP contribution in [-0.2, 0) is 22.8 Å². The van der Waals surface area contributed by atoms with Crippen LogP contribution in [0, 0.1) is 20.8 Å². The molecule has 7 heteroatoms. The molecule has 3 aromatic rings. The van der Waals surface area contributed by atoms with Gasteiger partial charge in [-0.05, 0) is 62.9 Å². The van der Waals surface area contributed by atoms with Crippen LogP contribution in [0.2, 0.25) is 0 Å². The molecule has 0 spiro atoms. The van der Waals surface area contributed by atoms with Crippen molar-refractivity contribution in [2.75, 3.05) is 13.1 Å². The SMILES string of the molecule is Cc1ccc(C(=O)OCn2cc(C)c3c([S+]([O-])N4CCCC4)cccc3c2=O)c(C)c1. The van der Waals surface area contributed by atoms with Crippen LogP contribution < -0.4 is 5.56 Å². The molecule has 1 unspecified atom stereocenters. The highest BCUT2D eigenvalue weighted by Gasteiger charge is 2.28. The predicted octanol–water partition coefficient (Wildman–Crippen LogP) is 3.86. The third-order valence-corrected chi connectivity index (χ3v) is 7.24. The van der Waals surface area contributed by atoms with E-state index in [2.05, 4.69) is 0 Å². The molecule has 2 aromatic carbocycles. The van der Waals surface area contributed by atoms with Crippen LogP contribution in [-0.4, -0.2) is 32.5 Å². The molecule has 1 aromatic heterocycles. The van der Waals surface area contributed by atoms with Gasteiger partial charge in [-0.15, -0.1) is 4.31 Å². The highest BCUT2D eigenvalue weighted by Crippen LogP contribution is 2.28. The second kappa shape index (κ2) is 8.86. The summed E-state index contributed by atoms with van der Waals surface area (Å²) >= 11 is -1.30. The molecule has 1 atom stereocenters. The van der Waals surface area contributed by atoms with Gasteiger partial charge in [0.2, 0.25) is 0 Å². The summed E-state index contributed by atoms with van der Waals surface area (Å²) in [6, 6.07) is 10.8. The Bertz CT molecular complexity index is 1200. The Morgan fingerprint density at radius 2 is 1.84 bits per heavy atom. The second-order valence-corrected chi connectivity index (χ2v) is 9.48. The third kappa shape index (κ3) is 4.26. The molecule has 162 valence electrons. The number of hydrogen-bond acceptors (Lipinski definition) is 5. The van der Waals surface area contributed by atoms with Crippen LogP contribution in [0.3, 0.4) is 0 Å². The average molecular weight is 439 g/mol. The molecule has 1 fully saturated rings. The van der Waals surface area contributed by atoms with Gasteiger partial charge in [-0.2, -0.15) is 0 Å². The summed E-state index contributed by atoms with van der Waals surface area (Å²) in [5.74, 6) is -0.467. The van der Waals surface area contributed by atoms with E-state index in [4.69, 9.17) is 4.74 Å². The molecule has 0 radical (unpaired) electrons. The van der Waals surface area contributed by atoms with Crippen LogP contribution in [0.25, 0.3) is 10.8 Å². The topological polar surface area (TPSA) is 74.6 Å². The van der Waals surface area contributed by atoms with Gasteiger partial charge in [-0.25, -0.2) is 4.79 Å². The van der Waals surface area contributed by atoms with Gasteiger partial charge < -0.3 is 9.29 Å². The standard InChI is InChI=1S/C24H26N2O4S/c1-16-9-10-19(17(2)13-16)24(28)30-15-25-14-18(3)22-20(23(25)27)7-6-8-21(22)31(29)26-11-4-5-12-26/h6-10,13-14H,4-5,11-12,15H2,1-3H3. The maximum Gasteiger partial charge on any atom is 0.340 e. The van der Waals surface area contributed by atoms with E-state index in [1.165, 1.54) is 4.57 Å². The Hall–Kier alpha value is -2.61. The maximum atomic E-state index is 13.1. The first-order chi connectivity index (χ1) is 14.9. The molecule has 0 N–H and O–H groups in total. The van der Waals surface area contributed by atoms with Gasteiger partial charge in [-0.3, -0.25) is 9.36 Å². The molecule has 0 amide bonds. The maximum absolute atomic E-state index is 13.1. The first-order valence-electron chi connectivity index (χ1n) is 10.4. The fraction of sp³-hybridized carbons (Fsp3) is 0.333. The van der Waals surface area contributed by atoms with Gasteiger partial charge in [0.05, 0.1) is 22.3 Å². The predicted molar refractivity (Wildman–Crippen MR) is 121 cm³/mol. The lowest BCUT2D eigenvalue weighted by Gasteiger charge is -2.21. The van der Waals surface area contributed by atoms with Crippen molar-refractivity contribution >= 4 is 28.1 Å². The number of benzene rings is 2. The molecule has 0 bridgehead atoms. The van der Waals surface area contributed by atoms with E-state index in [-0.39, 0.29) is 12.3 Å². The Morgan fingerprint density at radius 1 is 1.10 bits per heavy atom. The third-order valence-electron chi connectivity index (χ3n) is 5.69. The molecular formula is C24H26N2O4S. The van der Waals surface area contributed by atoms with E-state index in [9.17, 15) is 14.1 Å². The number of rotatable bonds is 5. The number of fused-ring (bicyclic) bond motifs is 1. The molecule has 6 nitrogen and oxygen atoms in total. The quantitative estimate of drug-likeness (QED) is 0.447. The Morgan fingerprint density at radius 3 is 2.55 bits per heavy atom. The number of carbonyl (C=O) groups is 1. The van der Waals surface area contributed by atoms with Gasteiger partial charge in [0.25, 0.3) is 5.56 Å². The molecule has 1 aliphatic heterocycles. The molecular weight excluding hydrogens is 412 g/mol. The van der Waals surface area contributed by atoms with Crippen molar-refractivity contribution in [2.45, 2.75) is 45.2 Å². The van der Waals surface area contributed by atoms with Gasteiger partial charge in [0, 0.05) is 24.7 Å². The molecule has 0 aliphatic carbocycles. The van der Waals surface area contributed by atoms with Crippen molar-refractivity contribution in [3.63, 3.8) is 0 Å². The number of hydrogen-bond donors (Lipinski definition) is 0. The molecule has 2 heterocycles. The van der Waals surface area contributed by atoms with Gasteiger partial charge >= 0.3 is 5.97 Å². The van der Waals surface area contributed by atoms with Crippen LogP contribution in [0.15, 0.2) is 52.3 Å². The van der Waals surface area contributed by atoms with Crippen LogP contribution in [0.1, 0.15) is 39.9 Å². The van der Waals surface area contributed by atoms with Crippen molar-refractivity contribution in [3.8, 4) is 0 Å². The smallest absolute Gasteiger partial charge is 0.340 e. The van der Waals surface area contributed by atoms with E-state index >= 15 is 0 Å². The summed E-state index contributed by atoms with van der Waals surface area (Å²) in [5, 5.41) is 1.20.